The standard InChI is InChI=1S/C20H21BrN2O3/c1-26-10-9-23-18(24)12-15-6-2-3-8-17(15)19(23)20(25)22-13-14-5-4-7-16(21)11-14/h2-8,11,19H,9-10,12-13H2,1H3,(H,22,25). The van der Waals surface area contributed by atoms with Crippen LogP contribution in [0.15, 0.2) is 53.0 Å². The van der Waals surface area contributed by atoms with Crippen molar-refractivity contribution >= 4 is 27.7 Å². The van der Waals surface area contributed by atoms with Gasteiger partial charge in [-0.05, 0) is 28.8 Å². The van der Waals surface area contributed by atoms with E-state index < -0.39 is 6.04 Å². The number of hydrogen-bond acceptors (Lipinski definition) is 3. The monoisotopic (exact) mass is 416 g/mol. The lowest BCUT2D eigenvalue weighted by molar-refractivity contribution is -0.142. The fourth-order valence-electron chi connectivity index (χ4n) is 3.20. The summed E-state index contributed by atoms with van der Waals surface area (Å²) >= 11 is 3.43. The van der Waals surface area contributed by atoms with Gasteiger partial charge in [0.05, 0.1) is 13.0 Å². The third kappa shape index (κ3) is 4.14. The highest BCUT2D eigenvalue weighted by Gasteiger charge is 2.36. The Bertz CT molecular complexity index is 809. The molecule has 0 aliphatic carbocycles. The largest absolute Gasteiger partial charge is 0.383 e. The quantitative estimate of drug-likeness (QED) is 0.787. The van der Waals surface area contributed by atoms with Crippen LogP contribution in [0.5, 0.6) is 0 Å². The van der Waals surface area contributed by atoms with Crippen molar-refractivity contribution in [1.29, 1.82) is 0 Å². The molecule has 26 heavy (non-hydrogen) atoms. The summed E-state index contributed by atoms with van der Waals surface area (Å²) < 4.78 is 6.08. The molecule has 2 aromatic rings. The van der Waals surface area contributed by atoms with Gasteiger partial charge in [0.2, 0.25) is 11.8 Å². The maximum Gasteiger partial charge on any atom is 0.247 e. The summed E-state index contributed by atoms with van der Waals surface area (Å²) in [5, 5.41) is 2.97. The van der Waals surface area contributed by atoms with Gasteiger partial charge in [-0.15, -0.1) is 0 Å². The Morgan fingerprint density at radius 3 is 2.85 bits per heavy atom. The molecule has 1 unspecified atom stereocenters. The topological polar surface area (TPSA) is 58.6 Å². The maximum atomic E-state index is 13.0. The van der Waals surface area contributed by atoms with E-state index in [4.69, 9.17) is 4.74 Å². The van der Waals surface area contributed by atoms with E-state index in [1.807, 2.05) is 48.5 Å². The van der Waals surface area contributed by atoms with E-state index >= 15 is 0 Å². The van der Waals surface area contributed by atoms with Gasteiger partial charge in [0.1, 0.15) is 6.04 Å². The lowest BCUT2D eigenvalue weighted by Crippen LogP contribution is -2.48. The van der Waals surface area contributed by atoms with Crippen LogP contribution < -0.4 is 5.32 Å². The Morgan fingerprint density at radius 2 is 2.08 bits per heavy atom. The minimum absolute atomic E-state index is 0.0524. The number of ether oxygens (including phenoxy) is 1. The Labute approximate surface area is 161 Å². The number of benzene rings is 2. The summed E-state index contributed by atoms with van der Waals surface area (Å²) in [6, 6.07) is 14.8. The first-order valence-corrected chi connectivity index (χ1v) is 9.28. The van der Waals surface area contributed by atoms with Gasteiger partial charge >= 0.3 is 0 Å². The highest BCUT2D eigenvalue weighted by Crippen LogP contribution is 2.30. The molecule has 1 heterocycles. The van der Waals surface area contributed by atoms with Crippen molar-refractivity contribution in [2.75, 3.05) is 20.3 Å². The molecule has 0 saturated heterocycles. The van der Waals surface area contributed by atoms with Gasteiger partial charge < -0.3 is 15.0 Å². The first-order chi connectivity index (χ1) is 12.6. The molecule has 0 aromatic heterocycles. The lowest BCUT2D eigenvalue weighted by Gasteiger charge is -2.36. The number of nitrogens with zero attached hydrogens (tertiary/aromatic N) is 1. The van der Waals surface area contributed by atoms with Crippen LogP contribution in [0.2, 0.25) is 0 Å². The summed E-state index contributed by atoms with van der Waals surface area (Å²) in [6.45, 7) is 1.19. The SMILES string of the molecule is COCCN1C(=O)Cc2ccccc2C1C(=O)NCc1cccc(Br)c1. The number of carbonyl (C=O) groups is 2. The van der Waals surface area contributed by atoms with E-state index in [-0.39, 0.29) is 11.8 Å². The van der Waals surface area contributed by atoms with Crippen LogP contribution in [-0.2, 0) is 27.3 Å². The summed E-state index contributed by atoms with van der Waals surface area (Å²) in [5.41, 5.74) is 2.79. The smallest absolute Gasteiger partial charge is 0.247 e. The second-order valence-corrected chi connectivity index (χ2v) is 7.12. The van der Waals surface area contributed by atoms with Gasteiger partial charge in [-0.2, -0.15) is 0 Å². The molecule has 0 fully saturated rings. The Kier molecular flexibility index (Phi) is 6.06. The van der Waals surface area contributed by atoms with Gasteiger partial charge in [0, 0.05) is 24.7 Å². The first kappa shape index (κ1) is 18.6. The van der Waals surface area contributed by atoms with Gasteiger partial charge in [0.15, 0.2) is 0 Å². The lowest BCUT2D eigenvalue weighted by atomic mass is 9.91. The minimum Gasteiger partial charge on any atom is -0.383 e. The van der Waals surface area contributed by atoms with E-state index in [1.165, 1.54) is 0 Å². The summed E-state index contributed by atoms with van der Waals surface area (Å²) in [6.07, 6.45) is 0.315. The zero-order valence-corrected chi connectivity index (χ0v) is 16.2. The fourth-order valence-corrected chi connectivity index (χ4v) is 3.64. The Balaban J connectivity index is 1.82. The first-order valence-electron chi connectivity index (χ1n) is 8.48. The van der Waals surface area contributed by atoms with Crippen molar-refractivity contribution in [1.82, 2.24) is 10.2 Å². The van der Waals surface area contributed by atoms with Crippen LogP contribution in [-0.4, -0.2) is 37.0 Å². The van der Waals surface area contributed by atoms with Crippen molar-refractivity contribution in [2.24, 2.45) is 0 Å². The predicted octanol–water partition coefficient (Wildman–Crippen LogP) is 2.84. The molecule has 0 bridgehead atoms. The Hall–Kier alpha value is -2.18. The predicted molar refractivity (Wildman–Crippen MR) is 102 cm³/mol. The second kappa shape index (κ2) is 8.47. The maximum absolute atomic E-state index is 13.0. The second-order valence-electron chi connectivity index (χ2n) is 6.21. The zero-order chi connectivity index (χ0) is 18.5. The molecular weight excluding hydrogens is 396 g/mol. The molecule has 0 spiro atoms. The molecule has 1 aliphatic heterocycles. The third-order valence-corrected chi connectivity index (χ3v) is 4.96. The molecule has 1 N–H and O–H groups in total. The molecule has 1 atom stereocenters. The van der Waals surface area contributed by atoms with Crippen molar-refractivity contribution in [2.45, 2.75) is 19.0 Å². The van der Waals surface area contributed by atoms with Gasteiger partial charge in [-0.25, -0.2) is 0 Å². The molecule has 1 aliphatic rings. The summed E-state index contributed by atoms with van der Waals surface area (Å²) in [5.74, 6) is -0.232. The molecule has 2 aromatic carbocycles. The number of carbonyl (C=O) groups excluding carboxylic acids is 2. The molecule has 5 nitrogen and oxygen atoms in total. The molecule has 0 radical (unpaired) electrons. The van der Waals surface area contributed by atoms with E-state index in [0.29, 0.717) is 26.1 Å². The van der Waals surface area contributed by atoms with E-state index in [2.05, 4.69) is 21.2 Å². The van der Waals surface area contributed by atoms with Crippen LogP contribution in [0.4, 0.5) is 0 Å². The number of hydrogen-bond donors (Lipinski definition) is 1. The molecule has 136 valence electrons. The number of amides is 2. The number of rotatable bonds is 6. The highest BCUT2D eigenvalue weighted by molar-refractivity contribution is 9.10. The average Bonchev–Trinajstić information content (AvgIpc) is 2.64. The molecular formula is C20H21BrN2O3. The molecule has 0 saturated carbocycles. The minimum atomic E-state index is -0.630. The molecule has 3 rings (SSSR count). The van der Waals surface area contributed by atoms with Crippen LogP contribution >= 0.6 is 15.9 Å². The van der Waals surface area contributed by atoms with Crippen molar-refractivity contribution < 1.29 is 14.3 Å². The van der Waals surface area contributed by atoms with Gasteiger partial charge in [-0.1, -0.05) is 52.3 Å². The van der Waals surface area contributed by atoms with E-state index in [0.717, 1.165) is 21.2 Å². The summed E-state index contributed by atoms with van der Waals surface area (Å²) in [7, 11) is 1.59. The van der Waals surface area contributed by atoms with E-state index in [9.17, 15) is 9.59 Å². The number of fused-ring (bicyclic) bond motifs is 1. The average molecular weight is 417 g/mol. The van der Waals surface area contributed by atoms with Crippen molar-refractivity contribution in [3.63, 3.8) is 0 Å². The molecule has 6 heteroatoms. The van der Waals surface area contributed by atoms with Crippen LogP contribution in [0, 0.1) is 0 Å². The van der Waals surface area contributed by atoms with Crippen LogP contribution in [0.3, 0.4) is 0 Å². The van der Waals surface area contributed by atoms with Gasteiger partial charge in [0.25, 0.3) is 0 Å². The highest BCUT2D eigenvalue weighted by atomic mass is 79.9. The Morgan fingerprint density at radius 1 is 1.27 bits per heavy atom. The normalized spacial score (nSPS) is 16.3. The number of methoxy groups -OCH3 is 1. The van der Waals surface area contributed by atoms with Crippen molar-refractivity contribution in [3.05, 3.63) is 69.7 Å². The fraction of sp³-hybridized carbons (Fsp3) is 0.300. The van der Waals surface area contributed by atoms with Crippen LogP contribution in [0.25, 0.3) is 0 Å². The van der Waals surface area contributed by atoms with Crippen LogP contribution in [0.1, 0.15) is 22.7 Å². The third-order valence-electron chi connectivity index (χ3n) is 4.46. The number of nitrogens with one attached hydrogen (secondary N) is 1. The zero-order valence-electron chi connectivity index (χ0n) is 14.6. The van der Waals surface area contributed by atoms with Crippen molar-refractivity contribution in [3.8, 4) is 0 Å². The summed E-state index contributed by atoms with van der Waals surface area (Å²) in [4.78, 5) is 27.2. The van der Waals surface area contributed by atoms with E-state index in [1.54, 1.807) is 12.0 Å². The van der Waals surface area contributed by atoms with Gasteiger partial charge in [-0.3, -0.25) is 9.59 Å². The number of halogens is 1. The molecule has 2 amide bonds.